The normalized spacial score (nSPS) is 11.2. The molecule has 1 aromatic heterocycles. The number of alkyl halides is 3. The minimum absolute atomic E-state index is 0.202. The van der Waals surface area contributed by atoms with Crippen molar-refractivity contribution in [1.82, 2.24) is 0 Å². The second-order valence-electron chi connectivity index (χ2n) is 3.81. The first-order valence-electron chi connectivity index (χ1n) is 5.45. The van der Waals surface area contributed by atoms with Gasteiger partial charge in [0.1, 0.15) is 5.00 Å². The lowest BCUT2D eigenvalue weighted by Crippen LogP contribution is -2.27. The van der Waals surface area contributed by atoms with Crippen molar-refractivity contribution in [3.05, 3.63) is 52.9 Å². The van der Waals surface area contributed by atoms with Gasteiger partial charge in [0.05, 0.1) is 5.56 Å². The van der Waals surface area contributed by atoms with Crippen molar-refractivity contribution in [2.75, 3.05) is 5.32 Å². The van der Waals surface area contributed by atoms with E-state index in [2.05, 4.69) is 5.32 Å². The standard InChI is InChI=1S/C13H8Cl3NO2S/c14-13(15,16)12(19)17-11-9(6-7-20-11)10(18)8-4-2-1-3-5-8/h1-7H,(H,17,19). The highest BCUT2D eigenvalue weighted by Crippen LogP contribution is 2.31. The molecule has 0 unspecified atom stereocenters. The Balaban J connectivity index is 2.26. The molecular formula is C13H8Cl3NO2S. The average Bonchev–Trinajstić information content (AvgIpc) is 2.86. The highest BCUT2D eigenvalue weighted by atomic mass is 35.6. The molecule has 0 aliphatic rings. The average molecular weight is 349 g/mol. The predicted molar refractivity (Wildman–Crippen MR) is 83.1 cm³/mol. The first-order valence-corrected chi connectivity index (χ1v) is 7.46. The summed E-state index contributed by atoms with van der Waals surface area (Å²) in [5.74, 6) is -1.00. The number of nitrogens with one attached hydrogen (secondary N) is 1. The molecule has 2 aromatic rings. The summed E-state index contributed by atoms with van der Waals surface area (Å²) in [6.45, 7) is 0. The summed E-state index contributed by atoms with van der Waals surface area (Å²) in [6, 6.07) is 10.4. The lowest BCUT2D eigenvalue weighted by atomic mass is 10.1. The SMILES string of the molecule is O=C(c1ccccc1)c1ccsc1NC(=O)C(Cl)(Cl)Cl. The molecule has 1 N–H and O–H groups in total. The van der Waals surface area contributed by atoms with Gasteiger partial charge in [0.15, 0.2) is 5.78 Å². The number of anilines is 1. The Morgan fingerprint density at radius 2 is 1.70 bits per heavy atom. The largest absolute Gasteiger partial charge is 0.313 e. The van der Waals surface area contributed by atoms with Crippen LogP contribution in [0.1, 0.15) is 15.9 Å². The fraction of sp³-hybridized carbons (Fsp3) is 0.0769. The number of rotatable bonds is 3. The summed E-state index contributed by atoms with van der Waals surface area (Å²) in [6.07, 6.45) is 0. The van der Waals surface area contributed by atoms with Crippen LogP contribution in [0.2, 0.25) is 0 Å². The summed E-state index contributed by atoms with van der Waals surface area (Å²) in [5.41, 5.74) is 0.888. The predicted octanol–water partition coefficient (Wildman–Crippen LogP) is 4.29. The van der Waals surface area contributed by atoms with Crippen LogP contribution >= 0.6 is 46.1 Å². The number of thiophene rings is 1. The Hall–Kier alpha value is -1.07. The van der Waals surface area contributed by atoms with E-state index in [1.54, 1.807) is 35.7 Å². The number of carbonyl (C=O) groups is 2. The van der Waals surface area contributed by atoms with E-state index in [-0.39, 0.29) is 5.78 Å². The van der Waals surface area contributed by atoms with Crippen LogP contribution in [-0.2, 0) is 4.79 Å². The third-order valence-electron chi connectivity index (χ3n) is 2.43. The molecule has 0 radical (unpaired) electrons. The number of ketones is 1. The molecule has 20 heavy (non-hydrogen) atoms. The second-order valence-corrected chi connectivity index (χ2v) is 7.01. The fourth-order valence-corrected chi connectivity index (χ4v) is 2.43. The Bertz CT molecular complexity index is 635. The third kappa shape index (κ3) is 3.52. The maximum absolute atomic E-state index is 12.3. The van der Waals surface area contributed by atoms with E-state index in [1.807, 2.05) is 6.07 Å². The van der Waals surface area contributed by atoms with Crippen LogP contribution in [0.25, 0.3) is 0 Å². The van der Waals surface area contributed by atoms with Crippen LogP contribution in [0.4, 0.5) is 5.00 Å². The lowest BCUT2D eigenvalue weighted by Gasteiger charge is -2.11. The van der Waals surface area contributed by atoms with Crippen molar-refractivity contribution < 1.29 is 9.59 Å². The molecule has 0 aliphatic carbocycles. The van der Waals surface area contributed by atoms with Crippen LogP contribution in [0.15, 0.2) is 41.8 Å². The van der Waals surface area contributed by atoms with Crippen molar-refractivity contribution in [1.29, 1.82) is 0 Å². The molecule has 0 spiro atoms. The molecule has 1 heterocycles. The van der Waals surface area contributed by atoms with Gasteiger partial charge in [0.2, 0.25) is 0 Å². The molecule has 2 rings (SSSR count). The minimum Gasteiger partial charge on any atom is -0.313 e. The van der Waals surface area contributed by atoms with E-state index < -0.39 is 9.70 Å². The summed E-state index contributed by atoms with van der Waals surface area (Å²) >= 11 is 17.7. The van der Waals surface area contributed by atoms with Crippen molar-refractivity contribution in [3.63, 3.8) is 0 Å². The monoisotopic (exact) mass is 347 g/mol. The molecule has 104 valence electrons. The van der Waals surface area contributed by atoms with E-state index in [0.717, 1.165) is 0 Å². The number of hydrogen-bond acceptors (Lipinski definition) is 3. The quantitative estimate of drug-likeness (QED) is 0.664. The maximum Gasteiger partial charge on any atom is 0.277 e. The number of hydrogen-bond donors (Lipinski definition) is 1. The summed E-state index contributed by atoms with van der Waals surface area (Å²) in [7, 11) is 0. The first kappa shape index (κ1) is 15.3. The van der Waals surface area contributed by atoms with Gasteiger partial charge in [-0.25, -0.2) is 0 Å². The zero-order valence-corrected chi connectivity index (χ0v) is 13.0. The molecule has 0 bridgehead atoms. The minimum atomic E-state index is -2.07. The summed E-state index contributed by atoms with van der Waals surface area (Å²) < 4.78 is -2.07. The molecular weight excluding hydrogens is 341 g/mol. The maximum atomic E-state index is 12.3. The Kier molecular flexibility index (Phi) is 4.70. The van der Waals surface area contributed by atoms with Crippen molar-refractivity contribution in [2.45, 2.75) is 3.79 Å². The fourth-order valence-electron chi connectivity index (χ4n) is 1.50. The van der Waals surface area contributed by atoms with Gasteiger partial charge in [-0.05, 0) is 11.4 Å². The van der Waals surface area contributed by atoms with E-state index in [1.165, 1.54) is 11.3 Å². The molecule has 0 atom stereocenters. The molecule has 1 aromatic carbocycles. The van der Waals surface area contributed by atoms with Crippen molar-refractivity contribution in [2.24, 2.45) is 0 Å². The van der Waals surface area contributed by atoms with E-state index >= 15 is 0 Å². The molecule has 3 nitrogen and oxygen atoms in total. The van der Waals surface area contributed by atoms with Crippen LogP contribution in [-0.4, -0.2) is 15.5 Å². The second kappa shape index (κ2) is 6.14. The zero-order valence-electron chi connectivity index (χ0n) is 9.90. The summed E-state index contributed by atoms with van der Waals surface area (Å²) in [4.78, 5) is 23.9. The van der Waals surface area contributed by atoms with Gasteiger partial charge in [-0.15, -0.1) is 11.3 Å². The van der Waals surface area contributed by atoms with Gasteiger partial charge in [-0.2, -0.15) is 0 Å². The van der Waals surface area contributed by atoms with E-state index in [9.17, 15) is 9.59 Å². The van der Waals surface area contributed by atoms with Gasteiger partial charge in [0, 0.05) is 5.56 Å². The van der Waals surface area contributed by atoms with Gasteiger partial charge in [-0.1, -0.05) is 65.1 Å². The van der Waals surface area contributed by atoms with Crippen LogP contribution in [0.3, 0.4) is 0 Å². The van der Waals surface area contributed by atoms with Crippen LogP contribution < -0.4 is 5.32 Å². The smallest absolute Gasteiger partial charge is 0.277 e. The molecule has 1 amide bonds. The molecule has 0 saturated heterocycles. The van der Waals surface area contributed by atoms with Crippen LogP contribution in [0.5, 0.6) is 0 Å². The van der Waals surface area contributed by atoms with Gasteiger partial charge >= 0.3 is 0 Å². The lowest BCUT2D eigenvalue weighted by molar-refractivity contribution is -0.115. The van der Waals surface area contributed by atoms with Crippen LogP contribution in [0, 0.1) is 0 Å². The van der Waals surface area contributed by atoms with E-state index in [4.69, 9.17) is 34.8 Å². The number of halogens is 3. The molecule has 7 heteroatoms. The topological polar surface area (TPSA) is 46.2 Å². The van der Waals surface area contributed by atoms with Crippen molar-refractivity contribution >= 4 is 62.8 Å². The highest BCUT2D eigenvalue weighted by Gasteiger charge is 2.31. The first-order chi connectivity index (χ1) is 9.39. The number of amides is 1. The van der Waals surface area contributed by atoms with Crippen molar-refractivity contribution in [3.8, 4) is 0 Å². The summed E-state index contributed by atoms with van der Waals surface area (Å²) in [5, 5.41) is 4.49. The Morgan fingerprint density at radius 1 is 1.05 bits per heavy atom. The zero-order chi connectivity index (χ0) is 14.8. The Labute approximate surface area is 134 Å². The molecule has 0 saturated carbocycles. The number of benzene rings is 1. The Morgan fingerprint density at radius 3 is 2.30 bits per heavy atom. The molecule has 0 aliphatic heterocycles. The van der Waals surface area contributed by atoms with Gasteiger partial charge in [-0.3, -0.25) is 9.59 Å². The van der Waals surface area contributed by atoms with Gasteiger partial charge in [0.25, 0.3) is 9.70 Å². The molecule has 0 fully saturated rings. The van der Waals surface area contributed by atoms with Gasteiger partial charge < -0.3 is 5.32 Å². The third-order valence-corrected chi connectivity index (χ3v) is 3.78. The number of carbonyl (C=O) groups excluding carboxylic acids is 2. The van der Waals surface area contributed by atoms with E-state index in [0.29, 0.717) is 16.1 Å². The highest BCUT2D eigenvalue weighted by molar-refractivity contribution is 7.14.